The molecular weight excluding hydrogens is 432 g/mol. The van der Waals surface area contributed by atoms with Gasteiger partial charge in [0.1, 0.15) is 12.6 Å². The highest BCUT2D eigenvalue weighted by Gasteiger charge is 2.33. The Kier molecular flexibility index (Phi) is 7.17. The summed E-state index contributed by atoms with van der Waals surface area (Å²) in [4.78, 5) is 36.6. The first-order valence-corrected chi connectivity index (χ1v) is 11.5. The topological polar surface area (TPSA) is 105 Å². The second-order valence-electron chi connectivity index (χ2n) is 8.71. The minimum Gasteiger partial charge on any atom is -0.481 e. The number of hydrogen-bond acceptors (Lipinski definition) is 4. The smallest absolute Gasteiger partial charge is 0.407 e. The highest BCUT2D eigenvalue weighted by Crippen LogP contribution is 2.44. The van der Waals surface area contributed by atoms with Crippen molar-refractivity contribution in [2.75, 3.05) is 6.61 Å². The number of carboxylic acid groups (broad SMARTS) is 1. The summed E-state index contributed by atoms with van der Waals surface area (Å²) in [6.07, 6.45) is 0.967. The third-order valence-corrected chi connectivity index (χ3v) is 6.56. The van der Waals surface area contributed by atoms with Gasteiger partial charge in [-0.25, -0.2) is 4.79 Å². The Hall–Kier alpha value is -3.79. The molecule has 3 N–H and O–H groups in total. The van der Waals surface area contributed by atoms with Crippen LogP contribution in [0, 0.1) is 17.8 Å². The average Bonchev–Trinajstić information content (AvgIpc) is 3.43. The van der Waals surface area contributed by atoms with Crippen LogP contribution in [0.25, 0.3) is 11.1 Å². The Morgan fingerprint density at radius 1 is 1.06 bits per heavy atom. The third kappa shape index (κ3) is 5.07. The number of nitrogens with one attached hydrogen (secondary N) is 2. The Bertz CT molecular complexity index is 1100. The second kappa shape index (κ2) is 10.4. The Morgan fingerprint density at radius 3 is 2.29 bits per heavy atom. The monoisotopic (exact) mass is 460 g/mol. The summed E-state index contributed by atoms with van der Waals surface area (Å²) in [5.41, 5.74) is 4.49. The van der Waals surface area contributed by atoms with Crippen LogP contribution in [-0.4, -0.2) is 41.8 Å². The van der Waals surface area contributed by atoms with E-state index in [1.54, 1.807) is 6.92 Å². The van der Waals surface area contributed by atoms with Gasteiger partial charge in [-0.1, -0.05) is 48.5 Å². The summed E-state index contributed by atoms with van der Waals surface area (Å²) >= 11 is 0. The van der Waals surface area contributed by atoms with Gasteiger partial charge in [0, 0.05) is 18.4 Å². The number of hydrogen-bond donors (Lipinski definition) is 3. The van der Waals surface area contributed by atoms with Crippen molar-refractivity contribution in [2.45, 2.75) is 50.6 Å². The number of rotatable bonds is 7. The van der Waals surface area contributed by atoms with E-state index in [-0.39, 0.29) is 30.9 Å². The van der Waals surface area contributed by atoms with Crippen LogP contribution in [0.5, 0.6) is 0 Å². The van der Waals surface area contributed by atoms with Crippen LogP contribution >= 0.6 is 0 Å². The summed E-state index contributed by atoms with van der Waals surface area (Å²) in [6.45, 7) is 1.81. The van der Waals surface area contributed by atoms with Gasteiger partial charge in [0.25, 0.3) is 0 Å². The molecular formula is C27H28N2O5. The summed E-state index contributed by atoms with van der Waals surface area (Å²) in [5, 5.41) is 14.7. The van der Waals surface area contributed by atoms with Crippen molar-refractivity contribution in [3.8, 4) is 23.0 Å². The summed E-state index contributed by atoms with van der Waals surface area (Å²) in [7, 11) is 0. The Balaban J connectivity index is 1.37. The van der Waals surface area contributed by atoms with Crippen molar-refractivity contribution in [2.24, 2.45) is 5.92 Å². The number of amides is 2. The van der Waals surface area contributed by atoms with Crippen LogP contribution in [0.3, 0.4) is 0 Å². The van der Waals surface area contributed by atoms with E-state index in [0.717, 1.165) is 22.3 Å². The predicted molar refractivity (Wildman–Crippen MR) is 127 cm³/mol. The number of carbonyl (C=O) groups is 3. The molecule has 2 aliphatic rings. The summed E-state index contributed by atoms with van der Waals surface area (Å²) < 4.78 is 5.56. The SMILES string of the molecule is CC#CCC(NC(=O)OCC1c2ccccc2-c2ccccc21)C(=O)NC1CCC(C(=O)O)C1. The molecule has 7 heteroatoms. The molecule has 2 amide bonds. The lowest BCUT2D eigenvalue weighted by molar-refractivity contribution is -0.141. The van der Waals surface area contributed by atoms with Crippen LogP contribution in [0.2, 0.25) is 0 Å². The molecule has 2 aliphatic carbocycles. The van der Waals surface area contributed by atoms with Crippen molar-refractivity contribution in [3.63, 3.8) is 0 Å². The molecule has 1 fully saturated rings. The fourth-order valence-corrected chi connectivity index (χ4v) is 4.83. The van der Waals surface area contributed by atoms with Gasteiger partial charge in [-0.3, -0.25) is 9.59 Å². The molecule has 3 atom stereocenters. The number of carboxylic acids is 1. The molecule has 3 unspecified atom stereocenters. The molecule has 34 heavy (non-hydrogen) atoms. The first-order valence-electron chi connectivity index (χ1n) is 11.5. The van der Waals surface area contributed by atoms with Gasteiger partial charge in [-0.05, 0) is 48.4 Å². The minimum atomic E-state index is -0.882. The number of carbonyl (C=O) groups excluding carboxylic acids is 2. The molecule has 0 aliphatic heterocycles. The number of fused-ring (bicyclic) bond motifs is 3. The number of benzene rings is 2. The first kappa shape index (κ1) is 23.4. The minimum absolute atomic E-state index is 0.0766. The van der Waals surface area contributed by atoms with Crippen LogP contribution in [0.1, 0.15) is 49.7 Å². The van der Waals surface area contributed by atoms with Gasteiger partial charge in [-0.15, -0.1) is 11.8 Å². The summed E-state index contributed by atoms with van der Waals surface area (Å²) in [6, 6.07) is 15.0. The standard InChI is InChI=1S/C27H28N2O5/c1-2-3-12-24(25(30)28-18-14-13-17(15-18)26(31)32)29-27(33)34-16-23-21-10-6-4-8-19(21)20-9-5-7-11-22(20)23/h4-11,17-18,23-24H,12-16H2,1H3,(H,28,30)(H,29,33)(H,31,32). The van der Waals surface area contributed by atoms with Crippen molar-refractivity contribution >= 4 is 18.0 Å². The van der Waals surface area contributed by atoms with Crippen molar-refractivity contribution in [1.29, 1.82) is 0 Å². The van der Waals surface area contributed by atoms with E-state index >= 15 is 0 Å². The molecule has 0 radical (unpaired) electrons. The molecule has 176 valence electrons. The zero-order valence-electron chi connectivity index (χ0n) is 19.0. The molecule has 2 aromatic carbocycles. The van der Waals surface area contributed by atoms with Gasteiger partial charge < -0.3 is 20.5 Å². The van der Waals surface area contributed by atoms with Gasteiger partial charge in [0.2, 0.25) is 5.91 Å². The van der Waals surface area contributed by atoms with Crippen LogP contribution in [0.15, 0.2) is 48.5 Å². The van der Waals surface area contributed by atoms with Crippen molar-refractivity contribution in [3.05, 3.63) is 59.7 Å². The molecule has 7 nitrogen and oxygen atoms in total. The number of aliphatic carboxylic acids is 1. The fraction of sp³-hybridized carbons (Fsp3) is 0.370. The van der Waals surface area contributed by atoms with Crippen molar-refractivity contribution in [1.82, 2.24) is 10.6 Å². The molecule has 4 rings (SSSR count). The van der Waals surface area contributed by atoms with E-state index in [0.29, 0.717) is 19.3 Å². The lowest BCUT2D eigenvalue weighted by Crippen LogP contribution is -2.49. The van der Waals surface area contributed by atoms with E-state index in [4.69, 9.17) is 4.74 Å². The molecule has 2 aromatic rings. The van der Waals surface area contributed by atoms with Gasteiger partial charge >= 0.3 is 12.1 Å². The number of ether oxygens (including phenoxy) is 1. The highest BCUT2D eigenvalue weighted by molar-refractivity contribution is 5.86. The van der Waals surface area contributed by atoms with E-state index < -0.39 is 24.0 Å². The van der Waals surface area contributed by atoms with Crippen molar-refractivity contribution < 1.29 is 24.2 Å². The second-order valence-corrected chi connectivity index (χ2v) is 8.71. The van der Waals surface area contributed by atoms with E-state index in [9.17, 15) is 19.5 Å². The number of alkyl carbamates (subject to hydrolysis) is 1. The van der Waals surface area contributed by atoms with Crippen LogP contribution in [-0.2, 0) is 14.3 Å². The van der Waals surface area contributed by atoms with Gasteiger partial charge in [0.05, 0.1) is 5.92 Å². The van der Waals surface area contributed by atoms with Crippen LogP contribution < -0.4 is 10.6 Å². The zero-order valence-corrected chi connectivity index (χ0v) is 19.0. The quantitative estimate of drug-likeness (QED) is 0.547. The lowest BCUT2D eigenvalue weighted by atomic mass is 9.98. The molecule has 0 spiro atoms. The maximum Gasteiger partial charge on any atom is 0.407 e. The van der Waals surface area contributed by atoms with Gasteiger partial charge in [-0.2, -0.15) is 0 Å². The average molecular weight is 461 g/mol. The van der Waals surface area contributed by atoms with Crippen LogP contribution in [0.4, 0.5) is 4.79 Å². The lowest BCUT2D eigenvalue weighted by Gasteiger charge is -2.20. The molecule has 0 heterocycles. The van der Waals surface area contributed by atoms with E-state index in [1.807, 2.05) is 36.4 Å². The third-order valence-electron chi connectivity index (χ3n) is 6.56. The molecule has 0 aromatic heterocycles. The molecule has 1 saturated carbocycles. The first-order chi connectivity index (χ1) is 16.5. The van der Waals surface area contributed by atoms with Gasteiger partial charge in [0.15, 0.2) is 0 Å². The zero-order chi connectivity index (χ0) is 24.1. The largest absolute Gasteiger partial charge is 0.481 e. The Labute approximate surface area is 198 Å². The summed E-state index contributed by atoms with van der Waals surface area (Å²) in [5.74, 6) is 3.82. The maximum absolute atomic E-state index is 12.8. The predicted octanol–water partition coefficient (Wildman–Crippen LogP) is 3.68. The molecule has 0 saturated heterocycles. The Morgan fingerprint density at radius 2 is 1.71 bits per heavy atom. The maximum atomic E-state index is 12.8. The highest BCUT2D eigenvalue weighted by atomic mass is 16.5. The van der Waals surface area contributed by atoms with E-state index in [1.165, 1.54) is 0 Å². The van der Waals surface area contributed by atoms with E-state index in [2.05, 4.69) is 34.6 Å². The fourth-order valence-electron chi connectivity index (χ4n) is 4.83. The normalized spacial score (nSPS) is 19.2. The molecule has 0 bridgehead atoms.